The fourth-order valence-corrected chi connectivity index (χ4v) is 2.41. The largest absolute Gasteiger partial charge is 0.338 e. The first-order valence-electron chi connectivity index (χ1n) is 6.92. The number of thioether (sulfide) groups is 1. The lowest BCUT2D eigenvalue weighted by Crippen LogP contribution is -2.30. The zero-order chi connectivity index (χ0) is 15.1. The van der Waals surface area contributed by atoms with E-state index in [1.54, 1.807) is 11.8 Å². The van der Waals surface area contributed by atoms with E-state index in [9.17, 15) is 4.79 Å². The smallest absolute Gasteiger partial charge is 0.319 e. The third-order valence-corrected chi connectivity index (χ3v) is 3.87. The number of anilines is 1. The van der Waals surface area contributed by atoms with Gasteiger partial charge in [0.1, 0.15) is 0 Å². The van der Waals surface area contributed by atoms with Crippen molar-refractivity contribution in [3.05, 3.63) is 59.7 Å². The molecule has 110 valence electrons. The van der Waals surface area contributed by atoms with Crippen LogP contribution in [0.1, 0.15) is 11.1 Å². The lowest BCUT2D eigenvalue weighted by Gasteiger charge is -2.08. The number of hydrogen-bond acceptors (Lipinski definition) is 2. The summed E-state index contributed by atoms with van der Waals surface area (Å²) in [4.78, 5) is 13.0. The van der Waals surface area contributed by atoms with Gasteiger partial charge >= 0.3 is 6.03 Å². The summed E-state index contributed by atoms with van der Waals surface area (Å²) in [6.45, 7) is 2.69. The molecule has 2 aromatic rings. The molecule has 2 amide bonds. The maximum Gasteiger partial charge on any atom is 0.319 e. The van der Waals surface area contributed by atoms with Crippen molar-refractivity contribution in [1.29, 1.82) is 0 Å². The summed E-state index contributed by atoms with van der Waals surface area (Å²) in [7, 11) is 0. The molecule has 0 fully saturated rings. The summed E-state index contributed by atoms with van der Waals surface area (Å²) in [6.07, 6.45) is 2.85. The summed E-state index contributed by atoms with van der Waals surface area (Å²) in [5.41, 5.74) is 3.29. The van der Waals surface area contributed by atoms with Crippen molar-refractivity contribution in [3.8, 4) is 0 Å². The molecule has 0 saturated heterocycles. The highest BCUT2D eigenvalue weighted by Crippen LogP contribution is 2.18. The Labute approximate surface area is 130 Å². The van der Waals surface area contributed by atoms with Crippen LogP contribution in [0.25, 0.3) is 0 Å². The van der Waals surface area contributed by atoms with E-state index in [0.717, 1.165) is 17.0 Å². The second kappa shape index (κ2) is 7.74. The molecule has 0 unspecified atom stereocenters. The average Bonchev–Trinajstić information content (AvgIpc) is 2.49. The van der Waals surface area contributed by atoms with E-state index in [0.29, 0.717) is 6.54 Å². The van der Waals surface area contributed by atoms with Crippen LogP contribution in [0.3, 0.4) is 0 Å². The number of rotatable bonds is 5. The van der Waals surface area contributed by atoms with Crippen molar-refractivity contribution in [1.82, 2.24) is 5.32 Å². The molecule has 0 aliphatic carbocycles. The van der Waals surface area contributed by atoms with E-state index in [1.165, 1.54) is 11.1 Å². The highest BCUT2D eigenvalue weighted by atomic mass is 32.2. The van der Waals surface area contributed by atoms with Crippen LogP contribution in [0.2, 0.25) is 0 Å². The minimum Gasteiger partial charge on any atom is -0.338 e. The quantitative estimate of drug-likeness (QED) is 0.817. The van der Waals surface area contributed by atoms with Gasteiger partial charge in [0.05, 0.1) is 0 Å². The van der Waals surface area contributed by atoms with Gasteiger partial charge in [0.25, 0.3) is 0 Å². The molecular weight excluding hydrogens is 280 g/mol. The lowest BCUT2D eigenvalue weighted by atomic mass is 10.1. The van der Waals surface area contributed by atoms with Gasteiger partial charge in [-0.2, -0.15) is 0 Å². The monoisotopic (exact) mass is 300 g/mol. The predicted octanol–water partition coefficient (Wildman–Crippen LogP) is 4.08. The van der Waals surface area contributed by atoms with Gasteiger partial charge in [0.15, 0.2) is 0 Å². The summed E-state index contributed by atoms with van der Waals surface area (Å²) in [5, 5.41) is 5.72. The van der Waals surface area contributed by atoms with Crippen molar-refractivity contribution in [2.45, 2.75) is 18.2 Å². The molecule has 0 aliphatic heterocycles. The van der Waals surface area contributed by atoms with Crippen LogP contribution >= 0.6 is 11.8 Å². The van der Waals surface area contributed by atoms with E-state index in [4.69, 9.17) is 0 Å². The Morgan fingerprint density at radius 2 is 1.90 bits per heavy atom. The number of urea groups is 1. The molecule has 0 saturated carbocycles. The number of carbonyl (C=O) groups is 1. The number of nitrogens with one attached hydrogen (secondary N) is 2. The third-order valence-electron chi connectivity index (χ3n) is 3.15. The SMILES string of the molecule is CSc1cccc(NC(=O)NCCc2ccc(C)cc2)c1. The average molecular weight is 300 g/mol. The highest BCUT2D eigenvalue weighted by molar-refractivity contribution is 7.98. The summed E-state index contributed by atoms with van der Waals surface area (Å²) < 4.78 is 0. The van der Waals surface area contributed by atoms with Gasteiger partial charge in [0.2, 0.25) is 0 Å². The fraction of sp³-hybridized carbons (Fsp3) is 0.235. The minimum atomic E-state index is -0.166. The molecule has 2 N–H and O–H groups in total. The van der Waals surface area contributed by atoms with Crippen LogP contribution in [0, 0.1) is 6.92 Å². The molecule has 0 atom stereocenters. The number of benzene rings is 2. The zero-order valence-corrected chi connectivity index (χ0v) is 13.2. The molecular formula is C17H20N2OS. The van der Waals surface area contributed by atoms with E-state index < -0.39 is 0 Å². The zero-order valence-electron chi connectivity index (χ0n) is 12.3. The van der Waals surface area contributed by atoms with Crippen molar-refractivity contribution in [2.24, 2.45) is 0 Å². The number of hydrogen-bond donors (Lipinski definition) is 2. The van der Waals surface area contributed by atoms with E-state index >= 15 is 0 Å². The number of carbonyl (C=O) groups excluding carboxylic acids is 1. The predicted molar refractivity (Wildman–Crippen MR) is 90.1 cm³/mol. The van der Waals surface area contributed by atoms with E-state index in [1.807, 2.05) is 30.5 Å². The van der Waals surface area contributed by atoms with Gasteiger partial charge in [0, 0.05) is 17.1 Å². The van der Waals surface area contributed by atoms with E-state index in [2.05, 4.69) is 41.8 Å². The first-order valence-corrected chi connectivity index (χ1v) is 8.14. The third kappa shape index (κ3) is 5.16. The second-order valence-electron chi connectivity index (χ2n) is 4.85. The Balaban J connectivity index is 1.78. The Kier molecular flexibility index (Phi) is 5.69. The molecule has 0 heterocycles. The van der Waals surface area contributed by atoms with Crippen LogP contribution in [0.5, 0.6) is 0 Å². The van der Waals surface area contributed by atoms with Gasteiger partial charge in [-0.3, -0.25) is 0 Å². The molecule has 4 heteroatoms. The standard InChI is InChI=1S/C17H20N2OS/c1-13-6-8-14(9-7-13)10-11-18-17(20)19-15-4-3-5-16(12-15)21-2/h3-9,12H,10-11H2,1-2H3,(H2,18,19,20). The number of aryl methyl sites for hydroxylation is 1. The Bertz CT molecular complexity index is 596. The topological polar surface area (TPSA) is 41.1 Å². The maximum atomic E-state index is 11.8. The summed E-state index contributed by atoms with van der Waals surface area (Å²) in [6, 6.07) is 16.0. The summed E-state index contributed by atoms with van der Waals surface area (Å²) in [5.74, 6) is 0. The Hall–Kier alpha value is -1.94. The van der Waals surface area contributed by atoms with Gasteiger partial charge < -0.3 is 10.6 Å². The van der Waals surface area contributed by atoms with Crippen molar-refractivity contribution < 1.29 is 4.79 Å². The number of amides is 2. The van der Waals surface area contributed by atoms with Crippen molar-refractivity contribution in [3.63, 3.8) is 0 Å². The Morgan fingerprint density at radius 1 is 1.14 bits per heavy atom. The van der Waals surface area contributed by atoms with Crippen LogP contribution in [0.15, 0.2) is 53.4 Å². The molecule has 3 nitrogen and oxygen atoms in total. The van der Waals surface area contributed by atoms with Crippen molar-refractivity contribution in [2.75, 3.05) is 18.1 Å². The van der Waals surface area contributed by atoms with Crippen LogP contribution in [-0.2, 0) is 6.42 Å². The summed E-state index contributed by atoms with van der Waals surface area (Å²) >= 11 is 1.65. The first-order chi connectivity index (χ1) is 10.2. The van der Waals surface area contributed by atoms with Gasteiger partial charge in [-0.15, -0.1) is 11.8 Å². The first kappa shape index (κ1) is 15.4. The van der Waals surface area contributed by atoms with Gasteiger partial charge in [-0.25, -0.2) is 4.79 Å². The van der Waals surface area contributed by atoms with Gasteiger partial charge in [-0.05, 0) is 43.4 Å². The molecule has 0 aromatic heterocycles. The molecule has 21 heavy (non-hydrogen) atoms. The van der Waals surface area contributed by atoms with Crippen LogP contribution in [0.4, 0.5) is 10.5 Å². The molecule has 0 bridgehead atoms. The van der Waals surface area contributed by atoms with Crippen LogP contribution < -0.4 is 10.6 Å². The molecule has 2 aromatic carbocycles. The van der Waals surface area contributed by atoms with E-state index in [-0.39, 0.29) is 6.03 Å². The highest BCUT2D eigenvalue weighted by Gasteiger charge is 2.02. The minimum absolute atomic E-state index is 0.166. The molecule has 0 aliphatic rings. The molecule has 2 rings (SSSR count). The lowest BCUT2D eigenvalue weighted by molar-refractivity contribution is 0.252. The second-order valence-corrected chi connectivity index (χ2v) is 5.73. The maximum absolute atomic E-state index is 11.8. The van der Waals surface area contributed by atoms with Crippen molar-refractivity contribution >= 4 is 23.5 Å². The normalized spacial score (nSPS) is 10.2. The Morgan fingerprint density at radius 3 is 2.62 bits per heavy atom. The van der Waals surface area contributed by atoms with Crippen LogP contribution in [-0.4, -0.2) is 18.8 Å². The molecule has 0 spiro atoms. The van der Waals surface area contributed by atoms with Gasteiger partial charge in [-0.1, -0.05) is 35.9 Å². The molecule has 0 radical (unpaired) electrons. The fourth-order valence-electron chi connectivity index (χ4n) is 1.95.